The van der Waals surface area contributed by atoms with Gasteiger partial charge in [-0.15, -0.1) is 0 Å². The number of carboxylic acid groups (broad SMARTS) is 1. The Balaban J connectivity index is 1.62. The lowest BCUT2D eigenvalue weighted by molar-refractivity contribution is -0.138. The van der Waals surface area contributed by atoms with Crippen LogP contribution in [0.4, 0.5) is 13.2 Å². The van der Waals surface area contributed by atoms with E-state index in [2.05, 4.69) is 0 Å². The van der Waals surface area contributed by atoms with Crippen molar-refractivity contribution in [3.63, 3.8) is 0 Å². The zero-order valence-electron chi connectivity index (χ0n) is 15.9. The van der Waals surface area contributed by atoms with E-state index in [-0.39, 0.29) is 13.0 Å². The SMILES string of the molecule is O=C(O)Cc1cccc(-c2cccc(OCC=Cc3ccc(C(F)(F)F)cc3)c2)c1. The van der Waals surface area contributed by atoms with Crippen LogP contribution >= 0.6 is 0 Å². The molecular formula is C24H19F3O3. The molecule has 0 saturated heterocycles. The zero-order chi connectivity index (χ0) is 21.6. The Bertz CT molecular complexity index is 1040. The highest BCUT2D eigenvalue weighted by Crippen LogP contribution is 2.29. The van der Waals surface area contributed by atoms with Crippen LogP contribution in [0.3, 0.4) is 0 Å². The Labute approximate surface area is 172 Å². The van der Waals surface area contributed by atoms with Crippen LogP contribution in [0.1, 0.15) is 16.7 Å². The molecule has 0 unspecified atom stereocenters. The van der Waals surface area contributed by atoms with Gasteiger partial charge in [0.25, 0.3) is 0 Å². The third-order valence-electron chi connectivity index (χ3n) is 4.34. The Hall–Kier alpha value is -3.54. The van der Waals surface area contributed by atoms with Crippen LogP contribution < -0.4 is 4.74 Å². The van der Waals surface area contributed by atoms with E-state index in [1.165, 1.54) is 12.1 Å². The van der Waals surface area contributed by atoms with E-state index in [1.807, 2.05) is 36.4 Å². The summed E-state index contributed by atoms with van der Waals surface area (Å²) in [5.74, 6) is -0.253. The second-order valence-electron chi connectivity index (χ2n) is 6.63. The van der Waals surface area contributed by atoms with Gasteiger partial charge in [0.15, 0.2) is 0 Å². The van der Waals surface area contributed by atoms with Crippen LogP contribution in [0.25, 0.3) is 17.2 Å². The molecule has 1 N–H and O–H groups in total. The zero-order valence-corrected chi connectivity index (χ0v) is 15.9. The number of carbonyl (C=O) groups is 1. The van der Waals surface area contributed by atoms with Gasteiger partial charge in [-0.1, -0.05) is 54.6 Å². The van der Waals surface area contributed by atoms with Gasteiger partial charge >= 0.3 is 12.1 Å². The monoisotopic (exact) mass is 412 g/mol. The van der Waals surface area contributed by atoms with Crippen molar-refractivity contribution < 1.29 is 27.8 Å². The Morgan fingerprint density at radius 1 is 0.933 bits per heavy atom. The maximum Gasteiger partial charge on any atom is 0.416 e. The van der Waals surface area contributed by atoms with Gasteiger partial charge in [-0.2, -0.15) is 13.2 Å². The van der Waals surface area contributed by atoms with E-state index in [0.717, 1.165) is 23.3 Å². The molecule has 3 rings (SSSR count). The first-order chi connectivity index (χ1) is 14.3. The number of hydrogen-bond acceptors (Lipinski definition) is 2. The second-order valence-corrected chi connectivity index (χ2v) is 6.63. The molecule has 3 aromatic rings. The highest BCUT2D eigenvalue weighted by Gasteiger charge is 2.29. The fraction of sp³-hybridized carbons (Fsp3) is 0.125. The van der Waals surface area contributed by atoms with Crippen LogP contribution in [0, 0.1) is 0 Å². The molecule has 0 aliphatic heterocycles. The lowest BCUT2D eigenvalue weighted by Gasteiger charge is -2.08. The summed E-state index contributed by atoms with van der Waals surface area (Å²) < 4.78 is 43.5. The molecule has 0 saturated carbocycles. The average Bonchev–Trinajstić information content (AvgIpc) is 2.71. The summed E-state index contributed by atoms with van der Waals surface area (Å²) in [6.45, 7) is 0.254. The highest BCUT2D eigenvalue weighted by atomic mass is 19.4. The number of halogens is 3. The average molecular weight is 412 g/mol. The molecule has 0 radical (unpaired) electrons. The van der Waals surface area contributed by atoms with E-state index in [4.69, 9.17) is 9.84 Å². The van der Waals surface area contributed by atoms with Crippen LogP contribution in [-0.4, -0.2) is 17.7 Å². The predicted molar refractivity (Wildman–Crippen MR) is 109 cm³/mol. The maximum atomic E-state index is 12.6. The number of aliphatic carboxylic acids is 1. The fourth-order valence-corrected chi connectivity index (χ4v) is 2.91. The van der Waals surface area contributed by atoms with Crippen molar-refractivity contribution in [2.24, 2.45) is 0 Å². The van der Waals surface area contributed by atoms with Gasteiger partial charge in [0.2, 0.25) is 0 Å². The standard InChI is InChI=1S/C24H19F3O3/c25-24(26,27)21-11-9-17(10-12-21)5-3-13-30-22-8-2-7-20(16-22)19-6-1-4-18(14-19)15-23(28)29/h1-12,14,16H,13,15H2,(H,28,29). The van der Waals surface area contributed by atoms with Crippen molar-refractivity contribution in [3.8, 4) is 16.9 Å². The predicted octanol–water partition coefficient (Wildman–Crippen LogP) is 6.09. The van der Waals surface area contributed by atoms with Gasteiger partial charge in [-0.3, -0.25) is 4.79 Å². The topological polar surface area (TPSA) is 46.5 Å². The lowest BCUT2D eigenvalue weighted by atomic mass is 10.0. The van der Waals surface area contributed by atoms with E-state index < -0.39 is 17.7 Å². The first-order valence-electron chi connectivity index (χ1n) is 9.19. The summed E-state index contributed by atoms with van der Waals surface area (Å²) in [5.41, 5.74) is 2.47. The first-order valence-corrected chi connectivity index (χ1v) is 9.19. The van der Waals surface area contributed by atoms with E-state index in [0.29, 0.717) is 16.9 Å². The molecule has 154 valence electrons. The number of benzene rings is 3. The number of alkyl halides is 3. The molecule has 0 atom stereocenters. The third-order valence-corrected chi connectivity index (χ3v) is 4.34. The molecule has 0 fully saturated rings. The molecular weight excluding hydrogens is 393 g/mol. The van der Waals surface area contributed by atoms with Crippen molar-refractivity contribution in [1.82, 2.24) is 0 Å². The molecule has 0 spiro atoms. The fourth-order valence-electron chi connectivity index (χ4n) is 2.91. The molecule has 6 heteroatoms. The smallest absolute Gasteiger partial charge is 0.416 e. The molecule has 3 aromatic carbocycles. The first kappa shape index (κ1) is 21.2. The molecule has 0 aromatic heterocycles. The minimum Gasteiger partial charge on any atom is -0.490 e. The largest absolute Gasteiger partial charge is 0.490 e. The molecule has 0 aliphatic rings. The van der Waals surface area contributed by atoms with Gasteiger partial charge in [0.05, 0.1) is 12.0 Å². The van der Waals surface area contributed by atoms with Crippen LogP contribution in [0.2, 0.25) is 0 Å². The number of carboxylic acids is 1. The van der Waals surface area contributed by atoms with Gasteiger partial charge < -0.3 is 9.84 Å². The van der Waals surface area contributed by atoms with Gasteiger partial charge in [0.1, 0.15) is 12.4 Å². The minimum atomic E-state index is -4.34. The molecule has 3 nitrogen and oxygen atoms in total. The number of ether oxygens (including phenoxy) is 1. The molecule has 0 bridgehead atoms. The van der Waals surface area contributed by atoms with Gasteiger partial charge in [-0.05, 0) is 52.6 Å². The molecule has 30 heavy (non-hydrogen) atoms. The molecule has 0 aliphatic carbocycles. The summed E-state index contributed by atoms with van der Waals surface area (Å²) in [5, 5.41) is 8.95. The minimum absolute atomic E-state index is 0.0429. The summed E-state index contributed by atoms with van der Waals surface area (Å²) >= 11 is 0. The maximum absolute atomic E-state index is 12.6. The summed E-state index contributed by atoms with van der Waals surface area (Å²) in [4.78, 5) is 10.9. The van der Waals surface area contributed by atoms with E-state index >= 15 is 0 Å². The third kappa shape index (κ3) is 5.98. The molecule has 0 heterocycles. The van der Waals surface area contributed by atoms with Crippen molar-refractivity contribution in [2.45, 2.75) is 12.6 Å². The Morgan fingerprint density at radius 3 is 2.27 bits per heavy atom. The second kappa shape index (κ2) is 9.31. The highest BCUT2D eigenvalue weighted by molar-refractivity contribution is 5.72. The van der Waals surface area contributed by atoms with Crippen LogP contribution in [-0.2, 0) is 17.4 Å². The summed E-state index contributed by atoms with van der Waals surface area (Å²) in [6.07, 6.45) is -0.968. The van der Waals surface area contributed by atoms with Crippen molar-refractivity contribution in [3.05, 3.63) is 95.6 Å². The normalized spacial score (nSPS) is 11.6. The van der Waals surface area contributed by atoms with Crippen molar-refractivity contribution in [2.75, 3.05) is 6.61 Å². The Morgan fingerprint density at radius 2 is 1.60 bits per heavy atom. The number of rotatable bonds is 7. The quantitative estimate of drug-likeness (QED) is 0.511. The van der Waals surface area contributed by atoms with Crippen molar-refractivity contribution in [1.29, 1.82) is 0 Å². The molecule has 0 amide bonds. The van der Waals surface area contributed by atoms with E-state index in [9.17, 15) is 18.0 Å². The van der Waals surface area contributed by atoms with Crippen LogP contribution in [0.15, 0.2) is 78.9 Å². The lowest BCUT2D eigenvalue weighted by Crippen LogP contribution is -2.03. The van der Waals surface area contributed by atoms with Gasteiger partial charge in [-0.25, -0.2) is 0 Å². The van der Waals surface area contributed by atoms with Crippen molar-refractivity contribution >= 4 is 12.0 Å². The number of hydrogen-bond donors (Lipinski definition) is 1. The summed E-state index contributed by atoms with van der Waals surface area (Å²) in [6, 6.07) is 19.6. The Kier molecular flexibility index (Phi) is 6.57. The summed E-state index contributed by atoms with van der Waals surface area (Å²) in [7, 11) is 0. The van der Waals surface area contributed by atoms with Gasteiger partial charge in [0, 0.05) is 0 Å². The van der Waals surface area contributed by atoms with Crippen LogP contribution in [0.5, 0.6) is 5.75 Å². The van der Waals surface area contributed by atoms with E-state index in [1.54, 1.807) is 24.3 Å².